The van der Waals surface area contributed by atoms with Crippen LogP contribution in [0, 0.1) is 5.92 Å². The molecule has 0 saturated heterocycles. The maximum Gasteiger partial charge on any atom is 0.329 e. The molecule has 1 rings (SSSR count). The zero-order chi connectivity index (χ0) is 11.6. The summed E-state index contributed by atoms with van der Waals surface area (Å²) in [4.78, 5) is 24.4. The lowest BCUT2D eigenvalue weighted by Crippen LogP contribution is -2.58. The van der Waals surface area contributed by atoms with Crippen LogP contribution in [0.25, 0.3) is 0 Å². The van der Waals surface area contributed by atoms with Crippen molar-refractivity contribution < 1.29 is 14.7 Å². The van der Waals surface area contributed by atoms with Crippen LogP contribution in [-0.2, 0) is 9.59 Å². The average molecular weight is 213 g/mol. The molecule has 0 aromatic heterocycles. The Labute approximate surface area is 90.3 Å². The van der Waals surface area contributed by atoms with E-state index in [0.29, 0.717) is 13.0 Å². The Morgan fingerprint density at radius 2 is 2.13 bits per heavy atom. The van der Waals surface area contributed by atoms with Crippen molar-refractivity contribution in [1.29, 1.82) is 0 Å². The highest BCUT2D eigenvalue weighted by molar-refractivity contribution is 5.86. The van der Waals surface area contributed by atoms with Gasteiger partial charge < -0.3 is 10.0 Å². The van der Waals surface area contributed by atoms with Gasteiger partial charge in [-0.25, -0.2) is 4.79 Å². The number of carboxylic acids is 1. The maximum absolute atomic E-state index is 11.5. The van der Waals surface area contributed by atoms with E-state index >= 15 is 0 Å². The fourth-order valence-electron chi connectivity index (χ4n) is 2.78. The molecule has 86 valence electrons. The Morgan fingerprint density at radius 1 is 1.53 bits per heavy atom. The van der Waals surface area contributed by atoms with Crippen molar-refractivity contribution in [3.05, 3.63) is 0 Å². The number of carboxylic acid groups (broad SMARTS) is 1. The van der Waals surface area contributed by atoms with Gasteiger partial charge in [0.25, 0.3) is 0 Å². The summed E-state index contributed by atoms with van der Waals surface area (Å²) < 4.78 is 0. The third-order valence-electron chi connectivity index (χ3n) is 3.56. The third kappa shape index (κ3) is 1.73. The van der Waals surface area contributed by atoms with Crippen molar-refractivity contribution in [2.24, 2.45) is 5.92 Å². The second kappa shape index (κ2) is 4.21. The molecule has 4 nitrogen and oxygen atoms in total. The van der Waals surface area contributed by atoms with E-state index in [4.69, 9.17) is 0 Å². The number of carbonyl (C=O) groups excluding carboxylic acids is 1. The molecule has 1 amide bonds. The van der Waals surface area contributed by atoms with Crippen LogP contribution in [0.4, 0.5) is 0 Å². The molecule has 2 atom stereocenters. The predicted octanol–water partition coefficient (Wildman–Crippen LogP) is 1.50. The fourth-order valence-corrected chi connectivity index (χ4v) is 2.78. The molecule has 4 heteroatoms. The summed E-state index contributed by atoms with van der Waals surface area (Å²) in [5.74, 6) is -0.961. The van der Waals surface area contributed by atoms with Gasteiger partial charge in [-0.15, -0.1) is 0 Å². The van der Waals surface area contributed by atoms with Crippen LogP contribution in [0.2, 0.25) is 0 Å². The summed E-state index contributed by atoms with van der Waals surface area (Å²) in [6.45, 7) is 5.66. The molecular formula is C11H19NO3. The number of hydrogen-bond donors (Lipinski definition) is 1. The van der Waals surface area contributed by atoms with Gasteiger partial charge in [-0.1, -0.05) is 13.3 Å². The molecular weight excluding hydrogens is 194 g/mol. The van der Waals surface area contributed by atoms with Crippen molar-refractivity contribution in [1.82, 2.24) is 4.90 Å². The number of aliphatic carboxylic acids is 1. The van der Waals surface area contributed by atoms with E-state index in [1.807, 2.05) is 13.8 Å². The van der Waals surface area contributed by atoms with Crippen molar-refractivity contribution in [3.63, 3.8) is 0 Å². The Hall–Kier alpha value is -1.06. The average Bonchev–Trinajstić information content (AvgIpc) is 2.49. The molecule has 15 heavy (non-hydrogen) atoms. The van der Waals surface area contributed by atoms with Gasteiger partial charge in [0.05, 0.1) is 0 Å². The molecule has 1 fully saturated rings. The van der Waals surface area contributed by atoms with Gasteiger partial charge in [-0.05, 0) is 25.7 Å². The molecule has 1 N–H and O–H groups in total. The molecule has 0 radical (unpaired) electrons. The molecule has 1 aliphatic rings. The number of amides is 1. The lowest BCUT2D eigenvalue weighted by molar-refractivity contribution is -0.161. The number of rotatable bonds is 3. The van der Waals surface area contributed by atoms with Crippen LogP contribution in [-0.4, -0.2) is 34.0 Å². The first-order valence-corrected chi connectivity index (χ1v) is 5.48. The summed E-state index contributed by atoms with van der Waals surface area (Å²) in [6, 6.07) is 0. The largest absolute Gasteiger partial charge is 0.479 e. The van der Waals surface area contributed by atoms with E-state index in [-0.39, 0.29) is 11.8 Å². The minimum Gasteiger partial charge on any atom is -0.479 e. The molecule has 0 aliphatic heterocycles. The Morgan fingerprint density at radius 3 is 2.40 bits per heavy atom. The SMILES string of the molecule is CCN(C(C)=O)C1(C(=O)O)CCCC1C. The lowest BCUT2D eigenvalue weighted by Gasteiger charge is -2.40. The monoisotopic (exact) mass is 213 g/mol. The molecule has 2 unspecified atom stereocenters. The standard InChI is InChI=1S/C11H19NO3/c1-4-12(9(3)13)11(10(14)15)7-5-6-8(11)2/h8H,4-7H2,1-3H3,(H,14,15). The zero-order valence-corrected chi connectivity index (χ0v) is 9.62. The number of carbonyl (C=O) groups is 2. The molecule has 1 saturated carbocycles. The molecule has 1 aliphatic carbocycles. The predicted molar refractivity (Wildman–Crippen MR) is 56.4 cm³/mol. The van der Waals surface area contributed by atoms with Crippen molar-refractivity contribution >= 4 is 11.9 Å². The highest BCUT2D eigenvalue weighted by Gasteiger charge is 2.52. The van der Waals surface area contributed by atoms with Crippen LogP contribution < -0.4 is 0 Å². The fraction of sp³-hybridized carbons (Fsp3) is 0.818. The topological polar surface area (TPSA) is 57.6 Å². The molecule has 0 aromatic rings. The lowest BCUT2D eigenvalue weighted by atomic mass is 9.86. The van der Waals surface area contributed by atoms with Gasteiger partial charge in [0.1, 0.15) is 5.54 Å². The summed E-state index contributed by atoms with van der Waals surface area (Å²) in [6.07, 6.45) is 2.35. The highest BCUT2D eigenvalue weighted by atomic mass is 16.4. The van der Waals surface area contributed by atoms with Gasteiger partial charge in [-0.3, -0.25) is 4.79 Å². The minimum atomic E-state index is -0.958. The second-order valence-corrected chi connectivity index (χ2v) is 4.29. The van der Waals surface area contributed by atoms with E-state index in [0.717, 1.165) is 12.8 Å². The molecule has 0 spiro atoms. The van der Waals surface area contributed by atoms with E-state index in [9.17, 15) is 14.7 Å². The first kappa shape index (κ1) is 12.0. The summed E-state index contributed by atoms with van der Waals surface area (Å²) in [7, 11) is 0. The van der Waals surface area contributed by atoms with Crippen molar-refractivity contribution in [3.8, 4) is 0 Å². The van der Waals surface area contributed by atoms with Crippen LogP contribution in [0.5, 0.6) is 0 Å². The van der Waals surface area contributed by atoms with Crippen LogP contribution in [0.15, 0.2) is 0 Å². The van der Waals surface area contributed by atoms with Crippen LogP contribution in [0.3, 0.4) is 0 Å². The van der Waals surface area contributed by atoms with E-state index < -0.39 is 11.5 Å². The van der Waals surface area contributed by atoms with Gasteiger partial charge in [0, 0.05) is 13.5 Å². The highest BCUT2D eigenvalue weighted by Crippen LogP contribution is 2.40. The van der Waals surface area contributed by atoms with Gasteiger partial charge in [0.15, 0.2) is 0 Å². The molecule has 0 aromatic carbocycles. The van der Waals surface area contributed by atoms with Crippen LogP contribution >= 0.6 is 0 Å². The Bertz CT molecular complexity index is 277. The van der Waals surface area contributed by atoms with Crippen LogP contribution in [0.1, 0.15) is 40.0 Å². The van der Waals surface area contributed by atoms with Crippen molar-refractivity contribution in [2.75, 3.05) is 6.54 Å². The quantitative estimate of drug-likeness (QED) is 0.772. The van der Waals surface area contributed by atoms with Gasteiger partial charge >= 0.3 is 5.97 Å². The number of hydrogen-bond acceptors (Lipinski definition) is 2. The first-order valence-electron chi connectivity index (χ1n) is 5.48. The normalized spacial score (nSPS) is 30.2. The van der Waals surface area contributed by atoms with E-state index in [1.54, 1.807) is 0 Å². The van der Waals surface area contributed by atoms with Gasteiger partial charge in [0.2, 0.25) is 5.91 Å². The molecule has 0 heterocycles. The van der Waals surface area contributed by atoms with Crippen molar-refractivity contribution in [2.45, 2.75) is 45.6 Å². The van der Waals surface area contributed by atoms with E-state index in [2.05, 4.69) is 0 Å². The molecule has 0 bridgehead atoms. The smallest absolute Gasteiger partial charge is 0.329 e. The number of nitrogens with zero attached hydrogens (tertiary/aromatic N) is 1. The minimum absolute atomic E-state index is 0.0406. The summed E-state index contributed by atoms with van der Waals surface area (Å²) in [5, 5.41) is 9.39. The first-order chi connectivity index (χ1) is 6.96. The zero-order valence-electron chi connectivity index (χ0n) is 9.62. The summed E-state index contributed by atoms with van der Waals surface area (Å²) >= 11 is 0. The Kier molecular flexibility index (Phi) is 3.37. The Balaban J connectivity index is 3.10. The maximum atomic E-state index is 11.5. The third-order valence-corrected chi connectivity index (χ3v) is 3.56. The number of likely N-dealkylation sites (N-methyl/N-ethyl adjacent to an activating group) is 1. The second-order valence-electron chi connectivity index (χ2n) is 4.29. The van der Waals surface area contributed by atoms with Gasteiger partial charge in [-0.2, -0.15) is 0 Å². The summed E-state index contributed by atoms with van der Waals surface area (Å²) in [5.41, 5.74) is -0.958. The van der Waals surface area contributed by atoms with E-state index in [1.165, 1.54) is 11.8 Å².